The number of hydrogen-bond donors (Lipinski definition) is 1. The molecule has 1 N–H and O–H groups in total. The molecule has 1 aliphatic rings. The second-order valence-electron chi connectivity index (χ2n) is 6.66. The quantitative estimate of drug-likeness (QED) is 0.886. The summed E-state index contributed by atoms with van der Waals surface area (Å²) >= 11 is 0. The Morgan fingerprint density at radius 2 is 1.96 bits per heavy atom. The number of likely N-dealkylation sites (tertiary alicyclic amines) is 1. The van der Waals surface area contributed by atoms with E-state index < -0.39 is 0 Å². The number of nitrogens with one attached hydrogen (secondary N) is 1. The summed E-state index contributed by atoms with van der Waals surface area (Å²) in [5.41, 5.74) is 3.32. The first-order valence-electron chi connectivity index (χ1n) is 8.64. The minimum Gasteiger partial charge on any atom is -0.359 e. The number of aryl methyl sites for hydroxylation is 1. The molecule has 0 spiro atoms. The van der Waals surface area contributed by atoms with Gasteiger partial charge < -0.3 is 9.84 Å². The van der Waals surface area contributed by atoms with E-state index in [1.165, 1.54) is 24.8 Å². The Kier molecular flexibility index (Phi) is 5.47. The summed E-state index contributed by atoms with van der Waals surface area (Å²) in [5, 5.41) is 7.48. The summed E-state index contributed by atoms with van der Waals surface area (Å²) in [6.07, 6.45) is 3.88. The molecule has 1 aromatic carbocycles. The number of hydrogen-bond acceptors (Lipinski definition) is 4. The van der Waals surface area contributed by atoms with Gasteiger partial charge in [0.15, 0.2) is 5.76 Å². The average molecular weight is 313 g/mol. The summed E-state index contributed by atoms with van der Waals surface area (Å²) in [5.74, 6) is 1.84. The van der Waals surface area contributed by atoms with Crippen molar-refractivity contribution in [1.82, 2.24) is 15.4 Å². The van der Waals surface area contributed by atoms with E-state index in [0.29, 0.717) is 0 Å². The highest BCUT2D eigenvalue weighted by Crippen LogP contribution is 2.24. The Morgan fingerprint density at radius 1 is 1.22 bits per heavy atom. The maximum Gasteiger partial charge on any atom is 0.151 e. The van der Waals surface area contributed by atoms with Crippen LogP contribution in [-0.4, -0.2) is 36.7 Å². The SMILES string of the molecule is CNCCC1CCN(Cc2cc(-c3ccc(C)cc3)no2)CC1. The Balaban J connectivity index is 1.53. The Hall–Kier alpha value is -1.65. The van der Waals surface area contributed by atoms with Gasteiger partial charge in [0.25, 0.3) is 0 Å². The molecule has 0 radical (unpaired) electrons. The summed E-state index contributed by atoms with van der Waals surface area (Å²) in [6.45, 7) is 6.42. The van der Waals surface area contributed by atoms with Crippen LogP contribution >= 0.6 is 0 Å². The van der Waals surface area contributed by atoms with Crippen molar-refractivity contribution in [3.63, 3.8) is 0 Å². The molecule has 1 aliphatic heterocycles. The van der Waals surface area contributed by atoms with Gasteiger partial charge in [0, 0.05) is 11.6 Å². The lowest BCUT2D eigenvalue weighted by Crippen LogP contribution is -2.33. The van der Waals surface area contributed by atoms with Crippen molar-refractivity contribution in [3.8, 4) is 11.3 Å². The fourth-order valence-corrected chi connectivity index (χ4v) is 3.25. The third-order valence-electron chi connectivity index (χ3n) is 4.80. The molecule has 0 unspecified atom stereocenters. The summed E-state index contributed by atoms with van der Waals surface area (Å²) in [4.78, 5) is 2.48. The van der Waals surface area contributed by atoms with Gasteiger partial charge >= 0.3 is 0 Å². The van der Waals surface area contributed by atoms with E-state index in [1.54, 1.807) is 0 Å². The zero-order chi connectivity index (χ0) is 16.1. The second-order valence-corrected chi connectivity index (χ2v) is 6.66. The van der Waals surface area contributed by atoms with Crippen LogP contribution in [0.15, 0.2) is 34.9 Å². The molecule has 1 fully saturated rings. The van der Waals surface area contributed by atoms with Gasteiger partial charge in [-0.2, -0.15) is 0 Å². The van der Waals surface area contributed by atoms with Gasteiger partial charge in [0.05, 0.1) is 6.54 Å². The first-order chi connectivity index (χ1) is 11.2. The summed E-state index contributed by atoms with van der Waals surface area (Å²) in [7, 11) is 2.03. The van der Waals surface area contributed by atoms with Gasteiger partial charge in [0.2, 0.25) is 0 Å². The van der Waals surface area contributed by atoms with Crippen molar-refractivity contribution in [1.29, 1.82) is 0 Å². The van der Waals surface area contributed by atoms with Crippen LogP contribution in [0.2, 0.25) is 0 Å². The Morgan fingerprint density at radius 3 is 2.65 bits per heavy atom. The maximum atomic E-state index is 5.54. The fourth-order valence-electron chi connectivity index (χ4n) is 3.25. The van der Waals surface area contributed by atoms with E-state index in [0.717, 1.165) is 49.1 Å². The lowest BCUT2D eigenvalue weighted by Gasteiger charge is -2.31. The lowest BCUT2D eigenvalue weighted by atomic mass is 9.93. The Bertz CT molecular complexity index is 597. The minimum atomic E-state index is 0.872. The van der Waals surface area contributed by atoms with Crippen LogP contribution < -0.4 is 5.32 Å². The van der Waals surface area contributed by atoms with Crippen LogP contribution in [0.25, 0.3) is 11.3 Å². The number of aromatic nitrogens is 1. The number of benzene rings is 1. The molecular formula is C19H27N3O. The van der Waals surface area contributed by atoms with Crippen molar-refractivity contribution in [3.05, 3.63) is 41.7 Å². The highest BCUT2D eigenvalue weighted by atomic mass is 16.5. The fraction of sp³-hybridized carbons (Fsp3) is 0.526. The van der Waals surface area contributed by atoms with Crippen molar-refractivity contribution in [2.75, 3.05) is 26.7 Å². The van der Waals surface area contributed by atoms with E-state index in [2.05, 4.69) is 52.6 Å². The molecule has 4 heteroatoms. The number of piperidine rings is 1. The topological polar surface area (TPSA) is 41.3 Å². The molecule has 0 atom stereocenters. The molecule has 0 saturated carbocycles. The molecule has 0 amide bonds. The molecule has 23 heavy (non-hydrogen) atoms. The monoisotopic (exact) mass is 313 g/mol. The molecular weight excluding hydrogens is 286 g/mol. The lowest BCUT2D eigenvalue weighted by molar-refractivity contribution is 0.158. The zero-order valence-corrected chi connectivity index (χ0v) is 14.2. The van der Waals surface area contributed by atoms with Gasteiger partial charge in [-0.25, -0.2) is 0 Å². The van der Waals surface area contributed by atoms with Crippen molar-refractivity contribution in [2.45, 2.75) is 32.7 Å². The van der Waals surface area contributed by atoms with E-state index in [-0.39, 0.29) is 0 Å². The molecule has 3 rings (SSSR count). The van der Waals surface area contributed by atoms with Gasteiger partial charge in [-0.05, 0) is 58.8 Å². The Labute approximate surface area is 138 Å². The summed E-state index contributed by atoms with van der Waals surface area (Å²) in [6, 6.07) is 10.5. The first kappa shape index (κ1) is 16.2. The second kappa shape index (κ2) is 7.75. The van der Waals surface area contributed by atoms with E-state index in [9.17, 15) is 0 Å². The predicted octanol–water partition coefficient (Wildman–Crippen LogP) is 3.47. The minimum absolute atomic E-state index is 0.872. The molecule has 4 nitrogen and oxygen atoms in total. The first-order valence-corrected chi connectivity index (χ1v) is 8.64. The van der Waals surface area contributed by atoms with Crippen LogP contribution in [-0.2, 0) is 6.54 Å². The third kappa shape index (κ3) is 4.43. The summed E-state index contributed by atoms with van der Waals surface area (Å²) < 4.78 is 5.54. The van der Waals surface area contributed by atoms with Crippen molar-refractivity contribution in [2.24, 2.45) is 5.92 Å². The average Bonchev–Trinajstić information content (AvgIpc) is 3.03. The van der Waals surface area contributed by atoms with Crippen LogP contribution in [0.4, 0.5) is 0 Å². The van der Waals surface area contributed by atoms with Crippen molar-refractivity contribution < 1.29 is 4.52 Å². The molecule has 2 heterocycles. The van der Waals surface area contributed by atoms with Crippen molar-refractivity contribution >= 4 is 0 Å². The highest BCUT2D eigenvalue weighted by Gasteiger charge is 2.20. The normalized spacial score (nSPS) is 16.8. The van der Waals surface area contributed by atoms with Gasteiger partial charge in [-0.15, -0.1) is 0 Å². The van der Waals surface area contributed by atoms with Crippen LogP contribution in [0.3, 0.4) is 0 Å². The highest BCUT2D eigenvalue weighted by molar-refractivity contribution is 5.59. The zero-order valence-electron chi connectivity index (χ0n) is 14.2. The van der Waals surface area contributed by atoms with Gasteiger partial charge in [0.1, 0.15) is 5.69 Å². The predicted molar refractivity (Wildman–Crippen MR) is 93.2 cm³/mol. The van der Waals surface area contributed by atoms with Gasteiger partial charge in [-0.1, -0.05) is 35.0 Å². The van der Waals surface area contributed by atoms with Crippen LogP contribution in [0, 0.1) is 12.8 Å². The maximum absolute atomic E-state index is 5.54. The van der Waals surface area contributed by atoms with E-state index in [4.69, 9.17) is 4.52 Å². The van der Waals surface area contributed by atoms with Crippen LogP contribution in [0.5, 0.6) is 0 Å². The standard InChI is InChI=1S/C19H27N3O/c1-15-3-5-17(6-4-15)19-13-18(23-21-19)14-22-11-8-16(9-12-22)7-10-20-2/h3-6,13,16,20H,7-12,14H2,1-2H3. The van der Waals surface area contributed by atoms with Gasteiger partial charge in [-0.3, -0.25) is 4.90 Å². The van der Waals surface area contributed by atoms with Crippen LogP contribution in [0.1, 0.15) is 30.6 Å². The molecule has 124 valence electrons. The molecule has 2 aromatic rings. The smallest absolute Gasteiger partial charge is 0.151 e. The third-order valence-corrected chi connectivity index (χ3v) is 4.80. The molecule has 1 aromatic heterocycles. The largest absolute Gasteiger partial charge is 0.359 e. The number of nitrogens with zero attached hydrogens (tertiary/aromatic N) is 2. The molecule has 0 aliphatic carbocycles. The number of rotatable bonds is 6. The molecule has 1 saturated heterocycles. The molecule has 0 bridgehead atoms. The van der Waals surface area contributed by atoms with E-state index >= 15 is 0 Å². The van der Waals surface area contributed by atoms with E-state index in [1.807, 2.05) is 7.05 Å².